The molecule has 5 fully saturated rings. The van der Waals surface area contributed by atoms with Crippen LogP contribution in [-0.4, -0.2) is 57.3 Å². The molecule has 4 saturated carbocycles. The lowest BCUT2D eigenvalue weighted by Gasteiger charge is -2.72. The highest BCUT2D eigenvalue weighted by Crippen LogP contribution is 2.79. The van der Waals surface area contributed by atoms with E-state index in [4.69, 9.17) is 14.6 Å². The number of fused-ring (bicyclic) bond motifs is 5. The van der Waals surface area contributed by atoms with Gasteiger partial charge in [-0.2, -0.15) is 0 Å². The van der Waals surface area contributed by atoms with Crippen molar-refractivity contribution in [2.45, 2.75) is 150 Å². The number of carboxylic acid groups (broad SMARTS) is 1. The summed E-state index contributed by atoms with van der Waals surface area (Å²) in [4.78, 5) is 23.4. The van der Waals surface area contributed by atoms with E-state index >= 15 is 0 Å². The van der Waals surface area contributed by atoms with Crippen LogP contribution in [0.2, 0.25) is 0 Å². The van der Waals surface area contributed by atoms with Crippen molar-refractivity contribution >= 4 is 11.9 Å². The standard InChI is InChI=1S/C33H54O7/c1-28(2)21-12-15-31(6)22(30(21,5)14-13-24(28)40-27(37)18-26(35)36)17-23(34)33(8)19(11-16-32(31,33)7)20-9-10-25(39-20)29(3,4)38/h19-25,34,38H,9-18H2,1-8H3,(H,35,36). The van der Waals surface area contributed by atoms with E-state index in [2.05, 4.69) is 41.5 Å². The molecule has 1 aliphatic heterocycles. The Balaban J connectivity index is 1.43. The summed E-state index contributed by atoms with van der Waals surface area (Å²) in [5.74, 6) is -0.877. The summed E-state index contributed by atoms with van der Waals surface area (Å²) in [5.41, 5.74) is -1.41. The summed E-state index contributed by atoms with van der Waals surface area (Å²) in [7, 11) is 0. The second kappa shape index (κ2) is 9.41. The van der Waals surface area contributed by atoms with Gasteiger partial charge in [0.15, 0.2) is 0 Å². The third-order valence-electron chi connectivity index (χ3n) is 14.2. The molecule has 7 heteroatoms. The van der Waals surface area contributed by atoms with Crippen LogP contribution in [0.1, 0.15) is 120 Å². The van der Waals surface area contributed by atoms with Crippen LogP contribution in [0.5, 0.6) is 0 Å². The molecule has 4 aliphatic carbocycles. The first-order valence-electron chi connectivity index (χ1n) is 15.8. The Bertz CT molecular complexity index is 1030. The molecule has 0 spiro atoms. The lowest BCUT2D eigenvalue weighted by molar-refractivity contribution is -0.273. The van der Waals surface area contributed by atoms with Crippen LogP contribution in [0.4, 0.5) is 0 Å². The quantitative estimate of drug-likeness (QED) is 0.289. The van der Waals surface area contributed by atoms with Gasteiger partial charge in [0.2, 0.25) is 0 Å². The molecule has 0 radical (unpaired) electrons. The average molecular weight is 563 g/mol. The zero-order chi connectivity index (χ0) is 29.7. The summed E-state index contributed by atoms with van der Waals surface area (Å²) >= 11 is 0. The van der Waals surface area contributed by atoms with Gasteiger partial charge < -0.3 is 24.8 Å². The van der Waals surface area contributed by atoms with Crippen LogP contribution < -0.4 is 0 Å². The number of carboxylic acids is 1. The Morgan fingerprint density at radius 3 is 2.20 bits per heavy atom. The van der Waals surface area contributed by atoms with Crippen molar-refractivity contribution in [3.05, 3.63) is 0 Å². The van der Waals surface area contributed by atoms with E-state index in [1.54, 1.807) is 0 Å². The molecule has 40 heavy (non-hydrogen) atoms. The Labute approximate surface area is 240 Å². The molecular formula is C33H54O7. The summed E-state index contributed by atoms with van der Waals surface area (Å²) < 4.78 is 12.3. The third kappa shape index (κ3) is 4.06. The molecule has 1 saturated heterocycles. The largest absolute Gasteiger partial charge is 0.481 e. The molecule has 5 aliphatic rings. The summed E-state index contributed by atoms with van der Waals surface area (Å²) in [6, 6.07) is 0. The highest BCUT2D eigenvalue weighted by atomic mass is 16.5. The number of carbonyl (C=O) groups is 2. The van der Waals surface area contributed by atoms with Crippen LogP contribution >= 0.6 is 0 Å². The molecule has 0 bridgehead atoms. The van der Waals surface area contributed by atoms with Crippen molar-refractivity contribution in [2.75, 3.05) is 0 Å². The highest BCUT2D eigenvalue weighted by Gasteiger charge is 2.75. The minimum absolute atomic E-state index is 0.00845. The van der Waals surface area contributed by atoms with E-state index in [0.717, 1.165) is 57.8 Å². The minimum atomic E-state index is -1.15. The van der Waals surface area contributed by atoms with Crippen molar-refractivity contribution in [1.82, 2.24) is 0 Å². The molecule has 228 valence electrons. The molecule has 1 heterocycles. The van der Waals surface area contributed by atoms with E-state index in [-0.39, 0.29) is 51.3 Å². The predicted molar refractivity (Wildman–Crippen MR) is 151 cm³/mol. The van der Waals surface area contributed by atoms with Gasteiger partial charge in [0, 0.05) is 10.8 Å². The van der Waals surface area contributed by atoms with E-state index in [1.165, 1.54) is 0 Å². The van der Waals surface area contributed by atoms with Crippen LogP contribution in [0, 0.1) is 44.8 Å². The van der Waals surface area contributed by atoms with Gasteiger partial charge >= 0.3 is 11.9 Å². The Kier molecular flexibility index (Phi) is 7.12. The zero-order valence-electron chi connectivity index (χ0n) is 26.1. The van der Waals surface area contributed by atoms with Gasteiger partial charge in [-0.3, -0.25) is 9.59 Å². The number of rotatable bonds is 5. The number of ether oxygens (including phenoxy) is 2. The zero-order valence-corrected chi connectivity index (χ0v) is 26.1. The Morgan fingerprint density at radius 1 is 0.925 bits per heavy atom. The third-order valence-corrected chi connectivity index (χ3v) is 14.2. The molecule has 0 amide bonds. The highest BCUT2D eigenvalue weighted by molar-refractivity contribution is 5.90. The molecule has 7 nitrogen and oxygen atoms in total. The van der Waals surface area contributed by atoms with Gasteiger partial charge in [-0.15, -0.1) is 0 Å². The Morgan fingerprint density at radius 2 is 1.60 bits per heavy atom. The van der Waals surface area contributed by atoms with Gasteiger partial charge in [0.25, 0.3) is 0 Å². The lowest BCUT2D eigenvalue weighted by atomic mass is 9.32. The van der Waals surface area contributed by atoms with Crippen LogP contribution in [0.3, 0.4) is 0 Å². The fraction of sp³-hybridized carbons (Fsp3) is 0.939. The fourth-order valence-corrected chi connectivity index (χ4v) is 11.7. The van der Waals surface area contributed by atoms with Crippen LogP contribution in [0.15, 0.2) is 0 Å². The maximum atomic E-state index is 12.3. The van der Waals surface area contributed by atoms with Crippen molar-refractivity contribution in [3.8, 4) is 0 Å². The maximum Gasteiger partial charge on any atom is 0.317 e. The fourth-order valence-electron chi connectivity index (χ4n) is 11.7. The van der Waals surface area contributed by atoms with Gasteiger partial charge in [0.1, 0.15) is 12.5 Å². The molecule has 0 aromatic heterocycles. The second-order valence-corrected chi connectivity index (χ2v) is 16.4. The summed E-state index contributed by atoms with van der Waals surface area (Å²) in [5, 5.41) is 31.9. The SMILES string of the molecule is CC(C)(O)C1CCC(C2CCC3(C)C4(C)CCC5C(C)(C)C(OC(=O)CC(=O)O)CCC5(C)C4CC(O)C23C)O1. The number of aliphatic hydroxyl groups is 2. The number of carbonyl (C=O) groups excluding carboxylic acids is 1. The van der Waals surface area contributed by atoms with E-state index in [1.807, 2.05) is 13.8 Å². The molecule has 0 aromatic rings. The molecule has 0 aromatic carbocycles. The first kappa shape index (κ1) is 30.3. The van der Waals surface area contributed by atoms with Crippen molar-refractivity contribution < 1.29 is 34.4 Å². The molecule has 11 atom stereocenters. The Hall–Kier alpha value is -1.18. The summed E-state index contributed by atoms with van der Waals surface area (Å²) in [6.45, 7) is 17.8. The second-order valence-electron chi connectivity index (χ2n) is 16.4. The van der Waals surface area contributed by atoms with Crippen molar-refractivity contribution in [1.29, 1.82) is 0 Å². The topological polar surface area (TPSA) is 113 Å². The van der Waals surface area contributed by atoms with E-state index in [9.17, 15) is 19.8 Å². The average Bonchev–Trinajstić information content (AvgIpc) is 3.42. The van der Waals surface area contributed by atoms with Crippen molar-refractivity contribution in [2.24, 2.45) is 44.8 Å². The monoisotopic (exact) mass is 562 g/mol. The number of hydrogen-bond acceptors (Lipinski definition) is 6. The minimum Gasteiger partial charge on any atom is -0.481 e. The van der Waals surface area contributed by atoms with E-state index in [0.29, 0.717) is 11.8 Å². The van der Waals surface area contributed by atoms with Gasteiger partial charge in [-0.1, -0.05) is 41.5 Å². The lowest BCUT2D eigenvalue weighted by Crippen LogP contribution is -2.69. The summed E-state index contributed by atoms with van der Waals surface area (Å²) in [6.07, 6.45) is 7.02. The van der Waals surface area contributed by atoms with Crippen LogP contribution in [0.25, 0.3) is 0 Å². The number of esters is 1. The normalized spacial score (nSPS) is 50.0. The van der Waals surface area contributed by atoms with Gasteiger partial charge in [-0.05, 0) is 106 Å². The van der Waals surface area contributed by atoms with Crippen molar-refractivity contribution in [3.63, 3.8) is 0 Å². The van der Waals surface area contributed by atoms with E-state index < -0.39 is 30.1 Å². The molecular weight excluding hydrogens is 508 g/mol. The first-order valence-corrected chi connectivity index (χ1v) is 15.8. The first-order chi connectivity index (χ1) is 18.3. The predicted octanol–water partition coefficient (Wildman–Crippen LogP) is 5.74. The molecule has 5 rings (SSSR count). The molecule has 3 N–H and O–H groups in total. The number of aliphatic carboxylic acids is 1. The molecule has 11 unspecified atom stereocenters. The van der Waals surface area contributed by atoms with Gasteiger partial charge in [0.05, 0.1) is 23.9 Å². The maximum absolute atomic E-state index is 12.3. The van der Waals surface area contributed by atoms with Crippen LogP contribution in [-0.2, 0) is 19.1 Å². The van der Waals surface area contributed by atoms with Gasteiger partial charge in [-0.25, -0.2) is 0 Å². The number of aliphatic hydroxyl groups excluding tert-OH is 1. The smallest absolute Gasteiger partial charge is 0.317 e. The number of hydrogen-bond donors (Lipinski definition) is 3.